The molecule has 20 heavy (non-hydrogen) atoms. The average molecular weight is 374 g/mol. The highest BCUT2D eigenvalue weighted by Gasteiger charge is 2.05. The molecule has 3 aromatic rings. The lowest BCUT2D eigenvalue weighted by Crippen LogP contribution is -1.74. The number of hydrogen-bond donors (Lipinski definition) is 1. The standard InChI is InChI=1S/C16H11IN2O/c17-12-6-8-13(9-7-12)18-19-16-14-4-2-1-3-11(14)5-10-15(16)20/h1-10,20H. The van der Waals surface area contributed by atoms with Gasteiger partial charge in [0.2, 0.25) is 0 Å². The van der Waals surface area contributed by atoms with Crippen molar-refractivity contribution in [1.82, 2.24) is 0 Å². The molecule has 0 unspecified atom stereocenters. The van der Waals surface area contributed by atoms with Crippen LogP contribution in [0.2, 0.25) is 0 Å². The van der Waals surface area contributed by atoms with Gasteiger partial charge in [-0.1, -0.05) is 30.3 Å². The highest BCUT2D eigenvalue weighted by atomic mass is 127. The molecule has 0 spiro atoms. The summed E-state index contributed by atoms with van der Waals surface area (Å²) in [7, 11) is 0. The van der Waals surface area contributed by atoms with Crippen LogP contribution in [0.4, 0.5) is 11.4 Å². The second-order valence-electron chi connectivity index (χ2n) is 4.33. The molecular weight excluding hydrogens is 363 g/mol. The van der Waals surface area contributed by atoms with Crippen molar-refractivity contribution in [2.45, 2.75) is 0 Å². The Balaban J connectivity index is 2.06. The van der Waals surface area contributed by atoms with E-state index in [1.54, 1.807) is 6.07 Å². The van der Waals surface area contributed by atoms with Crippen LogP contribution >= 0.6 is 22.6 Å². The Hall–Kier alpha value is -1.95. The molecule has 0 heterocycles. The molecule has 0 aliphatic rings. The largest absolute Gasteiger partial charge is 0.506 e. The summed E-state index contributed by atoms with van der Waals surface area (Å²) in [6, 6.07) is 19.0. The van der Waals surface area contributed by atoms with E-state index in [1.807, 2.05) is 54.6 Å². The van der Waals surface area contributed by atoms with Crippen molar-refractivity contribution in [2.24, 2.45) is 10.2 Å². The fourth-order valence-electron chi connectivity index (χ4n) is 1.96. The van der Waals surface area contributed by atoms with E-state index in [0.29, 0.717) is 5.69 Å². The number of rotatable bonds is 2. The summed E-state index contributed by atoms with van der Waals surface area (Å²) in [5, 5.41) is 20.3. The number of phenolic OH excluding ortho intramolecular Hbond substituents is 1. The van der Waals surface area contributed by atoms with Crippen LogP contribution in [0.3, 0.4) is 0 Å². The second kappa shape index (κ2) is 5.58. The predicted molar refractivity (Wildman–Crippen MR) is 88.9 cm³/mol. The van der Waals surface area contributed by atoms with Gasteiger partial charge in [-0.15, -0.1) is 5.11 Å². The number of aromatic hydroxyl groups is 1. The monoisotopic (exact) mass is 374 g/mol. The molecule has 4 heteroatoms. The normalized spacial score (nSPS) is 11.2. The maximum atomic E-state index is 9.98. The van der Waals surface area contributed by atoms with E-state index >= 15 is 0 Å². The lowest BCUT2D eigenvalue weighted by molar-refractivity contribution is 0.477. The van der Waals surface area contributed by atoms with E-state index in [9.17, 15) is 5.11 Å². The van der Waals surface area contributed by atoms with Gasteiger partial charge in [0, 0.05) is 8.96 Å². The van der Waals surface area contributed by atoms with Gasteiger partial charge in [-0.2, -0.15) is 5.11 Å². The third-order valence-corrected chi connectivity index (χ3v) is 3.69. The van der Waals surface area contributed by atoms with Gasteiger partial charge < -0.3 is 5.11 Å². The van der Waals surface area contributed by atoms with Crippen molar-refractivity contribution in [3.63, 3.8) is 0 Å². The smallest absolute Gasteiger partial charge is 0.143 e. The Morgan fingerprint density at radius 2 is 1.55 bits per heavy atom. The maximum Gasteiger partial charge on any atom is 0.143 e. The van der Waals surface area contributed by atoms with E-state index in [0.717, 1.165) is 20.0 Å². The minimum Gasteiger partial charge on any atom is -0.506 e. The lowest BCUT2D eigenvalue weighted by Gasteiger charge is -2.03. The van der Waals surface area contributed by atoms with Crippen molar-refractivity contribution >= 4 is 44.7 Å². The minimum atomic E-state index is 0.137. The van der Waals surface area contributed by atoms with E-state index < -0.39 is 0 Å². The SMILES string of the molecule is Oc1ccc2ccccc2c1N=Nc1ccc(I)cc1. The Bertz CT molecular complexity index is 782. The van der Waals surface area contributed by atoms with E-state index in [1.165, 1.54) is 0 Å². The molecule has 3 aromatic carbocycles. The summed E-state index contributed by atoms with van der Waals surface area (Å²) in [5.41, 5.74) is 1.26. The molecule has 0 radical (unpaired) electrons. The van der Waals surface area contributed by atoms with Crippen LogP contribution in [0, 0.1) is 3.57 Å². The molecule has 0 amide bonds. The van der Waals surface area contributed by atoms with Crippen LogP contribution in [-0.2, 0) is 0 Å². The van der Waals surface area contributed by atoms with Crippen molar-refractivity contribution < 1.29 is 5.11 Å². The molecule has 0 aromatic heterocycles. The molecule has 0 aliphatic heterocycles. The zero-order valence-electron chi connectivity index (χ0n) is 10.5. The first kappa shape index (κ1) is 13.1. The van der Waals surface area contributed by atoms with Crippen molar-refractivity contribution in [2.75, 3.05) is 0 Å². The number of azo groups is 1. The van der Waals surface area contributed by atoms with Crippen molar-refractivity contribution in [3.05, 3.63) is 64.2 Å². The lowest BCUT2D eigenvalue weighted by atomic mass is 10.1. The molecule has 3 rings (SSSR count). The summed E-state index contributed by atoms with van der Waals surface area (Å²) >= 11 is 2.24. The number of benzene rings is 3. The van der Waals surface area contributed by atoms with E-state index in [4.69, 9.17) is 0 Å². The quantitative estimate of drug-likeness (QED) is 0.463. The number of nitrogens with zero attached hydrogens (tertiary/aromatic N) is 2. The van der Waals surface area contributed by atoms with Crippen molar-refractivity contribution in [1.29, 1.82) is 0 Å². The van der Waals surface area contributed by atoms with Crippen LogP contribution in [0.5, 0.6) is 5.75 Å². The first-order valence-corrected chi connectivity index (χ1v) is 7.20. The van der Waals surface area contributed by atoms with Gasteiger partial charge in [-0.05, 0) is 58.3 Å². The van der Waals surface area contributed by atoms with Crippen LogP contribution < -0.4 is 0 Å². The Morgan fingerprint density at radius 1 is 0.800 bits per heavy atom. The molecule has 0 bridgehead atoms. The zero-order valence-corrected chi connectivity index (χ0v) is 12.7. The summed E-state index contributed by atoms with van der Waals surface area (Å²) < 4.78 is 1.15. The number of hydrogen-bond acceptors (Lipinski definition) is 3. The Morgan fingerprint density at radius 3 is 2.35 bits per heavy atom. The number of phenols is 1. The van der Waals surface area contributed by atoms with Gasteiger partial charge in [0.1, 0.15) is 11.4 Å². The molecule has 1 N–H and O–H groups in total. The zero-order chi connectivity index (χ0) is 13.9. The molecule has 0 fully saturated rings. The van der Waals surface area contributed by atoms with Gasteiger partial charge >= 0.3 is 0 Å². The van der Waals surface area contributed by atoms with E-state index in [-0.39, 0.29) is 5.75 Å². The second-order valence-corrected chi connectivity index (χ2v) is 5.58. The van der Waals surface area contributed by atoms with Gasteiger partial charge in [0.15, 0.2) is 0 Å². The van der Waals surface area contributed by atoms with E-state index in [2.05, 4.69) is 32.8 Å². The van der Waals surface area contributed by atoms with Crippen LogP contribution in [0.25, 0.3) is 10.8 Å². The molecule has 0 saturated carbocycles. The summed E-state index contributed by atoms with van der Waals surface area (Å²) in [5.74, 6) is 0.137. The van der Waals surface area contributed by atoms with Crippen LogP contribution in [-0.4, -0.2) is 5.11 Å². The number of halogens is 1. The summed E-state index contributed by atoms with van der Waals surface area (Å²) in [4.78, 5) is 0. The van der Waals surface area contributed by atoms with Crippen LogP contribution in [0.1, 0.15) is 0 Å². The van der Waals surface area contributed by atoms with Crippen LogP contribution in [0.15, 0.2) is 70.9 Å². The molecule has 0 saturated heterocycles. The van der Waals surface area contributed by atoms with Gasteiger partial charge in [-0.25, -0.2) is 0 Å². The Labute approximate surface area is 130 Å². The predicted octanol–water partition coefficient (Wildman–Crippen LogP) is 5.57. The van der Waals surface area contributed by atoms with Gasteiger partial charge in [0.05, 0.1) is 5.69 Å². The topological polar surface area (TPSA) is 45.0 Å². The summed E-state index contributed by atoms with van der Waals surface area (Å²) in [6.45, 7) is 0. The molecule has 98 valence electrons. The van der Waals surface area contributed by atoms with Gasteiger partial charge in [0.25, 0.3) is 0 Å². The maximum absolute atomic E-state index is 9.98. The third-order valence-electron chi connectivity index (χ3n) is 2.97. The average Bonchev–Trinajstić information content (AvgIpc) is 2.48. The summed E-state index contributed by atoms with van der Waals surface area (Å²) in [6.07, 6.45) is 0. The highest BCUT2D eigenvalue weighted by molar-refractivity contribution is 14.1. The first-order chi connectivity index (χ1) is 9.74. The third kappa shape index (κ3) is 2.65. The molecular formula is C16H11IN2O. The van der Waals surface area contributed by atoms with Crippen molar-refractivity contribution in [3.8, 4) is 5.75 Å². The fraction of sp³-hybridized carbons (Fsp3) is 0. The minimum absolute atomic E-state index is 0.137. The first-order valence-electron chi connectivity index (χ1n) is 6.12. The Kier molecular flexibility index (Phi) is 3.64. The number of fused-ring (bicyclic) bond motifs is 1. The highest BCUT2D eigenvalue weighted by Crippen LogP contribution is 2.35. The molecule has 3 nitrogen and oxygen atoms in total. The molecule has 0 aliphatic carbocycles. The van der Waals surface area contributed by atoms with Gasteiger partial charge in [-0.3, -0.25) is 0 Å². The molecule has 0 atom stereocenters. The fourth-order valence-corrected chi connectivity index (χ4v) is 2.32.